The second-order valence-electron chi connectivity index (χ2n) is 16.6. The van der Waals surface area contributed by atoms with E-state index in [-0.39, 0.29) is 28.6 Å². The Morgan fingerprint density at radius 1 is 0.882 bits per heavy atom. The molecule has 8 N–H and O–H groups in total. The molecule has 0 aromatic carbocycles. The molecule has 2 aliphatic heterocycles. The van der Waals surface area contributed by atoms with Crippen LogP contribution in [0, 0.1) is 28.1 Å². The lowest BCUT2D eigenvalue weighted by Gasteiger charge is -2.64. The molecular weight excluding hydrogens is 670 g/mol. The first-order valence-electron chi connectivity index (χ1n) is 18.3. The molecule has 51 heavy (non-hydrogen) atoms. The van der Waals surface area contributed by atoms with Gasteiger partial charge in [-0.3, -0.25) is 4.79 Å². The van der Waals surface area contributed by atoms with E-state index >= 15 is 0 Å². The fourth-order valence-corrected chi connectivity index (χ4v) is 11.2. The van der Waals surface area contributed by atoms with Gasteiger partial charge < -0.3 is 64.7 Å². The van der Waals surface area contributed by atoms with Gasteiger partial charge in [-0.2, -0.15) is 0 Å². The van der Waals surface area contributed by atoms with E-state index in [0.717, 1.165) is 44.1 Å². The maximum Gasteiger partial charge on any atom is 0.328 e. The van der Waals surface area contributed by atoms with E-state index in [9.17, 15) is 45.3 Å². The highest BCUT2D eigenvalue weighted by Gasteiger charge is 2.69. The number of carbonyl (C=O) groups excluding carboxylic acids is 2. The Labute approximate surface area is 298 Å². The maximum absolute atomic E-state index is 13.9. The van der Waals surface area contributed by atoms with Crippen LogP contribution in [0.2, 0.25) is 0 Å². The Morgan fingerprint density at radius 2 is 1.51 bits per heavy atom. The molecule has 4 aliphatic carbocycles. The average Bonchev–Trinajstić information content (AvgIpc) is 3.30. The molecule has 2 bridgehead atoms. The lowest BCUT2D eigenvalue weighted by molar-refractivity contribution is -0.378. The van der Waals surface area contributed by atoms with E-state index in [0.29, 0.717) is 19.3 Å². The third-order valence-corrected chi connectivity index (χ3v) is 13.9. The summed E-state index contributed by atoms with van der Waals surface area (Å²) in [6.45, 7) is 9.14. The topological polar surface area (TPSA) is 234 Å². The highest BCUT2D eigenvalue weighted by Crippen LogP contribution is 2.73. The minimum atomic E-state index is -1.77. The summed E-state index contributed by atoms with van der Waals surface area (Å²) in [4.78, 5) is 26.0. The van der Waals surface area contributed by atoms with Crippen LogP contribution in [0.3, 0.4) is 0 Å². The van der Waals surface area contributed by atoms with Crippen molar-refractivity contribution in [1.82, 2.24) is 5.32 Å². The van der Waals surface area contributed by atoms with E-state index in [2.05, 4.69) is 18.8 Å². The minimum absolute atomic E-state index is 0.0847. The van der Waals surface area contributed by atoms with Crippen LogP contribution in [0.1, 0.15) is 78.6 Å². The Kier molecular flexibility index (Phi) is 10.8. The molecule has 1 amide bonds. The monoisotopic (exact) mass is 727 g/mol. The molecule has 0 aromatic rings. The zero-order valence-corrected chi connectivity index (χ0v) is 30.0. The van der Waals surface area contributed by atoms with Crippen LogP contribution in [-0.2, 0) is 33.3 Å². The van der Waals surface area contributed by atoms with E-state index in [1.165, 1.54) is 7.11 Å². The summed E-state index contributed by atoms with van der Waals surface area (Å²) in [5.74, 6) is -0.287. The zero-order valence-electron chi connectivity index (χ0n) is 30.0. The Hall–Kier alpha value is -1.76. The summed E-state index contributed by atoms with van der Waals surface area (Å²) < 4.78 is 29.2. The van der Waals surface area contributed by atoms with Gasteiger partial charge in [-0.25, -0.2) is 4.79 Å². The number of hydrogen-bond acceptors (Lipinski definition) is 14. The van der Waals surface area contributed by atoms with Crippen molar-refractivity contribution in [3.8, 4) is 0 Å². The maximum atomic E-state index is 13.9. The minimum Gasteiger partial charge on any atom is -0.467 e. The van der Waals surface area contributed by atoms with Gasteiger partial charge in [0, 0.05) is 5.41 Å². The van der Waals surface area contributed by atoms with Gasteiger partial charge >= 0.3 is 5.97 Å². The van der Waals surface area contributed by atoms with Crippen LogP contribution in [-0.4, -0.2) is 141 Å². The van der Waals surface area contributed by atoms with Crippen molar-refractivity contribution >= 4 is 11.9 Å². The van der Waals surface area contributed by atoms with E-state index in [1.807, 2.05) is 6.92 Å². The Morgan fingerprint density at radius 3 is 2.16 bits per heavy atom. The number of esters is 1. The van der Waals surface area contributed by atoms with Crippen molar-refractivity contribution < 1.29 is 69.0 Å². The molecule has 0 aromatic heterocycles. The number of methoxy groups -OCH3 is 1. The third-order valence-electron chi connectivity index (χ3n) is 13.9. The lowest BCUT2D eigenvalue weighted by atomic mass is 9.40. The number of ether oxygens (including phenoxy) is 5. The highest BCUT2D eigenvalue weighted by atomic mass is 16.8. The van der Waals surface area contributed by atoms with Crippen LogP contribution in [0.4, 0.5) is 0 Å². The predicted molar refractivity (Wildman–Crippen MR) is 176 cm³/mol. The molecule has 4 saturated carbocycles. The van der Waals surface area contributed by atoms with E-state index < -0.39 is 97.7 Å². The number of aliphatic hydroxyl groups excluding tert-OH is 7. The predicted octanol–water partition coefficient (Wildman–Crippen LogP) is -0.603. The zero-order chi connectivity index (χ0) is 37.3. The second kappa shape index (κ2) is 14.1. The van der Waals surface area contributed by atoms with Gasteiger partial charge in [-0.15, -0.1) is 0 Å². The van der Waals surface area contributed by atoms with Crippen LogP contribution in [0.15, 0.2) is 12.2 Å². The number of carbonyl (C=O) groups is 2. The van der Waals surface area contributed by atoms with Gasteiger partial charge in [0.25, 0.3) is 0 Å². The van der Waals surface area contributed by atoms with E-state index in [1.54, 1.807) is 6.92 Å². The Balaban J connectivity index is 1.24. The molecule has 2 heterocycles. The molecule has 15 heteroatoms. The fraction of sp³-hybridized carbons (Fsp3) is 0.889. The van der Waals surface area contributed by atoms with Crippen molar-refractivity contribution in [3.05, 3.63) is 12.2 Å². The van der Waals surface area contributed by atoms with Crippen LogP contribution in [0.25, 0.3) is 0 Å². The molecule has 6 aliphatic rings. The SMILES string of the molecule is C=C1C[C@]23CC[C@@H]4[C@](C)(CCC[C@]4(C)C(=O)N[C@@H](C)C(=O)OC)[C@H]2CC[C@]1(O[C@H]1O[C@H](CO)[C@@H](O)[C@H](O)[C@H]1O[C@@H]1O[C@H](CO)[C@@H](O)[C@H](O)[C@H]1O)C3. The van der Waals surface area contributed by atoms with Gasteiger partial charge in [0.2, 0.25) is 5.91 Å². The van der Waals surface area contributed by atoms with Crippen molar-refractivity contribution in [3.63, 3.8) is 0 Å². The van der Waals surface area contributed by atoms with Crippen LogP contribution >= 0.6 is 0 Å². The molecule has 17 atom stereocenters. The van der Waals surface area contributed by atoms with Gasteiger partial charge in [0.1, 0.15) is 54.9 Å². The quantitative estimate of drug-likeness (QED) is 0.0842. The smallest absolute Gasteiger partial charge is 0.328 e. The molecule has 15 nitrogen and oxygen atoms in total. The summed E-state index contributed by atoms with van der Waals surface area (Å²) in [5.41, 5.74) is -1.09. The first-order valence-corrected chi connectivity index (χ1v) is 18.3. The fourth-order valence-electron chi connectivity index (χ4n) is 11.2. The second-order valence-corrected chi connectivity index (χ2v) is 16.6. The van der Waals surface area contributed by atoms with Crippen molar-refractivity contribution in [2.45, 2.75) is 152 Å². The molecule has 1 spiro atoms. The number of aliphatic hydroxyl groups is 7. The van der Waals surface area contributed by atoms with Gasteiger partial charge in [-0.1, -0.05) is 26.8 Å². The standard InChI is InChI=1S/C36H57NO14/c1-17-13-35-11-7-21-33(3,9-6-10-34(21,4)32(46)37-18(2)29(45)47-5)22(35)8-12-36(17,16-35)51-31-28(26(43)24(41)20(15-39)49-31)50-30-27(44)25(42)23(40)19(14-38)48-30/h18-28,30-31,38-44H,1,6-16H2,2-5H3,(H,37,46)/t18-,19+,20+,21+,22+,23+,24+,25-,26-,27+,28+,30-,31+,33-,34-,35-,36-/m0/s1. The van der Waals surface area contributed by atoms with Gasteiger partial charge in [0.15, 0.2) is 12.6 Å². The first-order chi connectivity index (χ1) is 24.0. The van der Waals surface area contributed by atoms with Crippen LogP contribution < -0.4 is 5.32 Å². The van der Waals surface area contributed by atoms with E-state index in [4.69, 9.17) is 23.7 Å². The average molecular weight is 728 g/mol. The molecule has 0 unspecified atom stereocenters. The molecule has 2 saturated heterocycles. The molecule has 6 rings (SSSR count). The number of nitrogens with one attached hydrogen (secondary N) is 1. The Bertz CT molecular complexity index is 1330. The summed E-state index contributed by atoms with van der Waals surface area (Å²) in [6.07, 6.45) is -8.60. The number of fused-ring (bicyclic) bond motifs is 3. The lowest BCUT2D eigenvalue weighted by Crippen LogP contribution is -2.65. The normalized spacial score (nSPS) is 50.1. The van der Waals surface area contributed by atoms with Crippen LogP contribution in [0.5, 0.6) is 0 Å². The first kappa shape index (κ1) is 38.9. The van der Waals surface area contributed by atoms with Crippen molar-refractivity contribution in [1.29, 1.82) is 0 Å². The molecular formula is C36H57NO14. The third kappa shape index (κ3) is 6.27. The van der Waals surface area contributed by atoms with Crippen molar-refractivity contribution in [2.75, 3.05) is 20.3 Å². The van der Waals surface area contributed by atoms with Crippen molar-refractivity contribution in [2.24, 2.45) is 28.1 Å². The molecule has 0 radical (unpaired) electrons. The largest absolute Gasteiger partial charge is 0.467 e. The summed E-state index contributed by atoms with van der Waals surface area (Å²) in [5, 5.41) is 75.9. The number of hydrogen-bond donors (Lipinski definition) is 8. The molecule has 6 fully saturated rings. The number of amides is 1. The summed E-state index contributed by atoms with van der Waals surface area (Å²) in [7, 11) is 1.30. The summed E-state index contributed by atoms with van der Waals surface area (Å²) >= 11 is 0. The highest BCUT2D eigenvalue weighted by molar-refractivity contribution is 5.88. The summed E-state index contributed by atoms with van der Waals surface area (Å²) in [6, 6.07) is -0.756. The number of rotatable bonds is 9. The van der Waals surface area contributed by atoms with Gasteiger partial charge in [-0.05, 0) is 86.5 Å². The van der Waals surface area contributed by atoms with Gasteiger partial charge in [0.05, 0.1) is 25.9 Å². The molecule has 290 valence electrons.